The first-order valence-electron chi connectivity index (χ1n) is 9.84. The summed E-state index contributed by atoms with van der Waals surface area (Å²) in [5, 5.41) is 0. The van der Waals surface area contributed by atoms with Crippen LogP contribution in [0.3, 0.4) is 0 Å². The molecule has 2 aliphatic rings. The molecule has 2 fully saturated rings. The van der Waals surface area contributed by atoms with Crippen LogP contribution in [0.25, 0.3) is 0 Å². The molecule has 1 unspecified atom stereocenters. The molecule has 28 heavy (non-hydrogen) atoms. The number of hydrogen-bond acceptors (Lipinski definition) is 5. The van der Waals surface area contributed by atoms with Crippen molar-refractivity contribution in [3.05, 3.63) is 24.2 Å². The van der Waals surface area contributed by atoms with Crippen LogP contribution in [0.5, 0.6) is 0 Å². The third-order valence-corrected chi connectivity index (χ3v) is 5.03. The number of nitrogens with zero attached hydrogens (tertiary/aromatic N) is 3. The first-order valence-corrected chi connectivity index (χ1v) is 9.84. The Morgan fingerprint density at radius 1 is 1.04 bits per heavy atom. The lowest BCUT2D eigenvalue weighted by Gasteiger charge is -2.39. The van der Waals surface area contributed by atoms with E-state index in [0.717, 1.165) is 12.8 Å². The monoisotopic (exact) mass is 391 g/mol. The zero-order valence-electron chi connectivity index (χ0n) is 16.8. The minimum atomic E-state index is -0.551. The fraction of sp³-hybridized carbons (Fsp3) is 0.650. The number of rotatable bonds is 2. The van der Waals surface area contributed by atoms with Crippen molar-refractivity contribution in [2.75, 3.05) is 39.3 Å². The Morgan fingerprint density at radius 3 is 2.32 bits per heavy atom. The molecule has 0 radical (unpaired) electrons. The fourth-order valence-corrected chi connectivity index (χ4v) is 3.62. The molecule has 3 heterocycles. The summed E-state index contributed by atoms with van der Waals surface area (Å²) in [7, 11) is 0. The predicted molar refractivity (Wildman–Crippen MR) is 102 cm³/mol. The average Bonchev–Trinajstić information content (AvgIpc) is 3.20. The summed E-state index contributed by atoms with van der Waals surface area (Å²) in [6.45, 7) is 8.45. The second kappa shape index (κ2) is 8.24. The molecule has 2 saturated heterocycles. The van der Waals surface area contributed by atoms with Crippen LogP contribution < -0.4 is 0 Å². The van der Waals surface area contributed by atoms with E-state index in [1.54, 1.807) is 26.8 Å². The van der Waals surface area contributed by atoms with Gasteiger partial charge in [-0.05, 0) is 45.7 Å². The van der Waals surface area contributed by atoms with E-state index in [2.05, 4.69) is 0 Å². The number of piperidine rings is 1. The first kappa shape index (κ1) is 20.2. The molecule has 1 atom stereocenters. The van der Waals surface area contributed by atoms with E-state index >= 15 is 0 Å². The van der Waals surface area contributed by atoms with Crippen molar-refractivity contribution in [1.29, 1.82) is 0 Å². The topological polar surface area (TPSA) is 83.3 Å². The zero-order chi connectivity index (χ0) is 20.3. The number of amides is 3. The standard InChI is InChI=1S/C20H29N3O5/c1-20(2,3)28-19(26)23-8-4-6-15(14-23)17(24)21-9-11-22(12-10-21)18(25)16-7-5-13-27-16/h5,7,13,15H,4,6,8-12,14H2,1-3H3. The summed E-state index contributed by atoms with van der Waals surface area (Å²) in [6.07, 6.45) is 2.67. The summed E-state index contributed by atoms with van der Waals surface area (Å²) in [4.78, 5) is 42.7. The van der Waals surface area contributed by atoms with Crippen molar-refractivity contribution in [3.8, 4) is 0 Å². The minimum absolute atomic E-state index is 0.0540. The van der Waals surface area contributed by atoms with Crippen molar-refractivity contribution < 1.29 is 23.5 Å². The van der Waals surface area contributed by atoms with Gasteiger partial charge in [0.25, 0.3) is 5.91 Å². The van der Waals surface area contributed by atoms with Crippen LogP contribution in [0.15, 0.2) is 22.8 Å². The number of furan rings is 1. The number of likely N-dealkylation sites (tertiary alicyclic amines) is 1. The molecule has 8 nitrogen and oxygen atoms in total. The van der Waals surface area contributed by atoms with Crippen molar-refractivity contribution in [2.45, 2.75) is 39.2 Å². The van der Waals surface area contributed by atoms with Crippen molar-refractivity contribution in [2.24, 2.45) is 5.92 Å². The van der Waals surface area contributed by atoms with Gasteiger partial charge in [-0.3, -0.25) is 9.59 Å². The second-order valence-corrected chi connectivity index (χ2v) is 8.36. The van der Waals surface area contributed by atoms with E-state index < -0.39 is 5.60 Å². The maximum Gasteiger partial charge on any atom is 0.410 e. The zero-order valence-corrected chi connectivity index (χ0v) is 16.8. The third kappa shape index (κ3) is 4.85. The van der Waals surface area contributed by atoms with Crippen LogP contribution in [0.1, 0.15) is 44.2 Å². The predicted octanol–water partition coefficient (Wildman–Crippen LogP) is 2.21. The van der Waals surface area contributed by atoms with Crippen LogP contribution in [0, 0.1) is 5.92 Å². The van der Waals surface area contributed by atoms with Crippen molar-refractivity contribution in [1.82, 2.24) is 14.7 Å². The SMILES string of the molecule is CC(C)(C)OC(=O)N1CCCC(C(=O)N2CCN(C(=O)c3ccco3)CC2)C1. The molecule has 154 valence electrons. The molecule has 2 aliphatic heterocycles. The van der Waals surface area contributed by atoms with E-state index in [1.807, 2.05) is 20.8 Å². The minimum Gasteiger partial charge on any atom is -0.459 e. The summed E-state index contributed by atoms with van der Waals surface area (Å²) in [5.41, 5.74) is -0.551. The van der Waals surface area contributed by atoms with Gasteiger partial charge in [-0.25, -0.2) is 4.79 Å². The Labute approximate surface area is 165 Å². The molecule has 0 spiro atoms. The van der Waals surface area contributed by atoms with Gasteiger partial charge in [-0.1, -0.05) is 0 Å². The van der Waals surface area contributed by atoms with Gasteiger partial charge < -0.3 is 23.9 Å². The lowest BCUT2D eigenvalue weighted by molar-refractivity contribution is -0.138. The Kier molecular flexibility index (Phi) is 5.96. The van der Waals surface area contributed by atoms with E-state index in [4.69, 9.17) is 9.15 Å². The van der Waals surface area contributed by atoms with Crippen LogP contribution in [0.4, 0.5) is 4.79 Å². The lowest BCUT2D eigenvalue weighted by atomic mass is 9.96. The molecular weight excluding hydrogens is 362 g/mol. The van der Waals surface area contributed by atoms with Crippen LogP contribution >= 0.6 is 0 Å². The highest BCUT2D eigenvalue weighted by Gasteiger charge is 2.34. The largest absolute Gasteiger partial charge is 0.459 e. The Bertz CT molecular complexity index is 702. The van der Waals surface area contributed by atoms with Gasteiger partial charge in [0.1, 0.15) is 5.60 Å². The summed E-state index contributed by atoms with van der Waals surface area (Å²) in [5.74, 6) is 0.0119. The van der Waals surface area contributed by atoms with Crippen LogP contribution in [0.2, 0.25) is 0 Å². The van der Waals surface area contributed by atoms with Crippen LogP contribution in [-0.2, 0) is 9.53 Å². The average molecular weight is 391 g/mol. The molecule has 1 aromatic rings. The molecule has 0 bridgehead atoms. The number of carbonyl (C=O) groups excluding carboxylic acids is 3. The fourth-order valence-electron chi connectivity index (χ4n) is 3.62. The molecule has 0 saturated carbocycles. The van der Waals surface area contributed by atoms with Gasteiger partial charge in [0.2, 0.25) is 5.91 Å². The van der Waals surface area contributed by atoms with Crippen molar-refractivity contribution in [3.63, 3.8) is 0 Å². The van der Waals surface area contributed by atoms with Gasteiger partial charge in [0, 0.05) is 39.3 Å². The highest BCUT2D eigenvalue weighted by Crippen LogP contribution is 2.22. The number of carbonyl (C=O) groups is 3. The van der Waals surface area contributed by atoms with E-state index in [-0.39, 0.29) is 23.8 Å². The summed E-state index contributed by atoms with van der Waals surface area (Å²) >= 11 is 0. The number of hydrogen-bond donors (Lipinski definition) is 0. The second-order valence-electron chi connectivity index (χ2n) is 8.36. The lowest BCUT2D eigenvalue weighted by Crippen LogP contribution is -2.54. The number of piperazine rings is 1. The Balaban J connectivity index is 1.52. The molecular formula is C20H29N3O5. The van der Waals surface area contributed by atoms with E-state index in [9.17, 15) is 14.4 Å². The molecule has 3 rings (SSSR count). The molecule has 0 aliphatic carbocycles. The van der Waals surface area contributed by atoms with Gasteiger partial charge >= 0.3 is 6.09 Å². The van der Waals surface area contributed by atoms with Crippen LogP contribution in [-0.4, -0.2) is 77.5 Å². The van der Waals surface area contributed by atoms with E-state index in [1.165, 1.54) is 6.26 Å². The maximum absolute atomic E-state index is 12.9. The van der Waals surface area contributed by atoms with Gasteiger partial charge in [0.15, 0.2) is 5.76 Å². The van der Waals surface area contributed by atoms with Gasteiger partial charge in [0.05, 0.1) is 12.2 Å². The Hall–Kier alpha value is -2.51. The maximum atomic E-state index is 12.9. The molecule has 0 N–H and O–H groups in total. The first-order chi connectivity index (χ1) is 13.2. The Morgan fingerprint density at radius 2 is 1.71 bits per heavy atom. The highest BCUT2D eigenvalue weighted by molar-refractivity contribution is 5.91. The van der Waals surface area contributed by atoms with E-state index in [0.29, 0.717) is 45.0 Å². The third-order valence-electron chi connectivity index (χ3n) is 5.03. The molecule has 8 heteroatoms. The summed E-state index contributed by atoms with van der Waals surface area (Å²) in [6, 6.07) is 3.33. The number of ether oxygens (including phenoxy) is 1. The van der Waals surface area contributed by atoms with Gasteiger partial charge in [-0.15, -0.1) is 0 Å². The molecule has 3 amide bonds. The molecule has 1 aromatic heterocycles. The molecule has 0 aromatic carbocycles. The highest BCUT2D eigenvalue weighted by atomic mass is 16.6. The summed E-state index contributed by atoms with van der Waals surface area (Å²) < 4.78 is 10.6. The smallest absolute Gasteiger partial charge is 0.410 e. The van der Waals surface area contributed by atoms with Gasteiger partial charge in [-0.2, -0.15) is 0 Å². The quantitative estimate of drug-likeness (QED) is 0.772. The van der Waals surface area contributed by atoms with Crippen molar-refractivity contribution >= 4 is 17.9 Å². The normalized spacial score (nSPS) is 20.8.